The minimum atomic E-state index is -0.835. The highest BCUT2D eigenvalue weighted by Crippen LogP contribution is 2.35. The van der Waals surface area contributed by atoms with Crippen LogP contribution in [0.1, 0.15) is 61.3 Å². The smallest absolute Gasteiger partial charge is 0.325 e. The zero-order valence-electron chi connectivity index (χ0n) is 15.2. The molecular weight excluding hydrogens is 366 g/mol. The molecule has 1 aliphatic heterocycles. The van der Waals surface area contributed by atoms with E-state index in [0.29, 0.717) is 16.9 Å². The fraction of sp³-hybridized carbons (Fsp3) is 0.550. The van der Waals surface area contributed by atoms with Crippen LogP contribution in [0, 0.1) is 5.92 Å². The Kier molecular flexibility index (Phi) is 5.45. The third-order valence-corrected chi connectivity index (χ3v) is 6.07. The first kappa shape index (κ1) is 18.4. The summed E-state index contributed by atoms with van der Waals surface area (Å²) in [5.74, 6) is 1.68. The SMILES string of the molecule is O=C(O)C(c1cccc(Cl)c1)N1CCC(Cc2nc(C3CCC3)no2)CC1. The molecule has 0 amide bonds. The average Bonchev–Trinajstić information content (AvgIpc) is 3.03. The van der Waals surface area contributed by atoms with Crippen LogP contribution >= 0.6 is 11.6 Å². The standard InChI is InChI=1S/C20H24ClN3O3/c21-16-6-2-5-15(12-16)18(20(25)26)24-9-7-13(8-10-24)11-17-22-19(23-27-17)14-3-1-4-14/h2,5-6,12-14,18H,1,3-4,7-11H2,(H,25,26). The summed E-state index contributed by atoms with van der Waals surface area (Å²) in [7, 11) is 0. The molecule has 1 aromatic carbocycles. The maximum atomic E-state index is 11.9. The zero-order chi connectivity index (χ0) is 18.8. The summed E-state index contributed by atoms with van der Waals surface area (Å²) in [5, 5.41) is 14.4. The van der Waals surface area contributed by atoms with Gasteiger partial charge in [0.25, 0.3) is 0 Å². The van der Waals surface area contributed by atoms with E-state index >= 15 is 0 Å². The van der Waals surface area contributed by atoms with Crippen molar-refractivity contribution in [2.24, 2.45) is 5.92 Å². The van der Waals surface area contributed by atoms with Crippen LogP contribution < -0.4 is 0 Å². The molecule has 1 atom stereocenters. The third kappa shape index (κ3) is 4.17. The van der Waals surface area contributed by atoms with Crippen LogP contribution in [0.5, 0.6) is 0 Å². The molecule has 27 heavy (non-hydrogen) atoms. The number of benzene rings is 1. The lowest BCUT2D eigenvalue weighted by Gasteiger charge is -2.35. The van der Waals surface area contributed by atoms with Gasteiger partial charge in [-0.2, -0.15) is 4.98 Å². The fourth-order valence-corrected chi connectivity index (χ4v) is 4.23. The van der Waals surface area contributed by atoms with Crippen LogP contribution in [0.3, 0.4) is 0 Å². The van der Waals surface area contributed by atoms with Crippen LogP contribution in [-0.4, -0.2) is 39.2 Å². The van der Waals surface area contributed by atoms with E-state index in [1.807, 2.05) is 11.0 Å². The number of piperidine rings is 1. The summed E-state index contributed by atoms with van der Waals surface area (Å²) >= 11 is 6.05. The molecule has 7 heteroatoms. The Labute approximate surface area is 163 Å². The molecule has 1 N–H and O–H groups in total. The molecule has 0 spiro atoms. The van der Waals surface area contributed by atoms with Gasteiger partial charge in [-0.1, -0.05) is 35.3 Å². The van der Waals surface area contributed by atoms with E-state index in [1.165, 1.54) is 6.42 Å². The van der Waals surface area contributed by atoms with Gasteiger partial charge in [-0.15, -0.1) is 0 Å². The van der Waals surface area contributed by atoms with Crippen molar-refractivity contribution in [3.63, 3.8) is 0 Å². The van der Waals surface area contributed by atoms with Crippen molar-refractivity contribution in [1.82, 2.24) is 15.0 Å². The summed E-state index contributed by atoms with van der Waals surface area (Å²) in [4.78, 5) is 18.5. The first-order valence-corrected chi connectivity index (χ1v) is 10.0. The molecule has 2 aromatic rings. The molecule has 2 heterocycles. The highest BCUT2D eigenvalue weighted by molar-refractivity contribution is 6.30. The van der Waals surface area contributed by atoms with E-state index < -0.39 is 12.0 Å². The molecule has 0 radical (unpaired) electrons. The minimum absolute atomic E-state index is 0.449. The minimum Gasteiger partial charge on any atom is -0.480 e. The molecule has 1 aliphatic carbocycles. The second-order valence-electron chi connectivity index (χ2n) is 7.65. The highest BCUT2D eigenvalue weighted by Gasteiger charge is 2.32. The number of carboxylic acid groups (broad SMARTS) is 1. The third-order valence-electron chi connectivity index (χ3n) is 5.83. The van der Waals surface area contributed by atoms with Crippen molar-refractivity contribution >= 4 is 17.6 Å². The van der Waals surface area contributed by atoms with Crippen LogP contribution in [0.4, 0.5) is 0 Å². The van der Waals surface area contributed by atoms with Crippen molar-refractivity contribution in [2.45, 2.75) is 50.5 Å². The van der Waals surface area contributed by atoms with Crippen molar-refractivity contribution in [1.29, 1.82) is 0 Å². The Morgan fingerprint density at radius 1 is 1.30 bits per heavy atom. The molecule has 6 nitrogen and oxygen atoms in total. The van der Waals surface area contributed by atoms with Crippen LogP contribution in [0.15, 0.2) is 28.8 Å². The topological polar surface area (TPSA) is 79.5 Å². The molecule has 144 valence electrons. The zero-order valence-corrected chi connectivity index (χ0v) is 15.9. The number of carbonyl (C=O) groups is 1. The number of aliphatic carboxylic acids is 1. The lowest BCUT2D eigenvalue weighted by Crippen LogP contribution is -2.40. The molecule has 1 unspecified atom stereocenters. The Bertz CT molecular complexity index is 797. The largest absolute Gasteiger partial charge is 0.480 e. The van der Waals surface area contributed by atoms with Gasteiger partial charge in [0.15, 0.2) is 5.82 Å². The van der Waals surface area contributed by atoms with Gasteiger partial charge in [-0.25, -0.2) is 0 Å². The van der Waals surface area contributed by atoms with Crippen molar-refractivity contribution in [3.8, 4) is 0 Å². The Morgan fingerprint density at radius 2 is 2.07 bits per heavy atom. The molecule has 0 bridgehead atoms. The van der Waals surface area contributed by atoms with E-state index in [4.69, 9.17) is 16.1 Å². The monoisotopic (exact) mass is 389 g/mol. The molecule has 2 fully saturated rings. The van der Waals surface area contributed by atoms with Crippen molar-refractivity contribution in [3.05, 3.63) is 46.6 Å². The van der Waals surface area contributed by atoms with E-state index in [1.54, 1.807) is 18.2 Å². The Balaban J connectivity index is 1.36. The number of rotatable bonds is 6. The Hall–Kier alpha value is -1.92. The number of carboxylic acids is 1. The van der Waals surface area contributed by atoms with Crippen molar-refractivity contribution in [2.75, 3.05) is 13.1 Å². The predicted molar refractivity (Wildman–Crippen MR) is 101 cm³/mol. The maximum Gasteiger partial charge on any atom is 0.325 e. The average molecular weight is 390 g/mol. The highest BCUT2D eigenvalue weighted by atomic mass is 35.5. The first-order valence-electron chi connectivity index (χ1n) is 9.65. The summed E-state index contributed by atoms with van der Waals surface area (Å²) in [6.07, 6.45) is 6.21. The number of likely N-dealkylation sites (tertiary alicyclic amines) is 1. The van der Waals surface area contributed by atoms with Gasteiger partial charge >= 0.3 is 5.97 Å². The number of nitrogens with zero attached hydrogens (tertiary/aromatic N) is 3. The first-order chi connectivity index (χ1) is 13.1. The van der Waals surface area contributed by atoms with Gasteiger partial charge < -0.3 is 9.63 Å². The second kappa shape index (κ2) is 7.98. The fourth-order valence-electron chi connectivity index (χ4n) is 4.03. The summed E-state index contributed by atoms with van der Waals surface area (Å²) in [5.41, 5.74) is 0.732. The molecule has 2 aliphatic rings. The van der Waals surface area contributed by atoms with E-state index in [9.17, 15) is 9.90 Å². The van der Waals surface area contributed by atoms with E-state index in [2.05, 4.69) is 10.1 Å². The van der Waals surface area contributed by atoms with Crippen LogP contribution in [0.25, 0.3) is 0 Å². The lowest BCUT2D eigenvalue weighted by atomic mass is 9.85. The van der Waals surface area contributed by atoms with Gasteiger partial charge in [0.2, 0.25) is 5.89 Å². The number of hydrogen-bond acceptors (Lipinski definition) is 5. The summed E-state index contributed by atoms with van der Waals surface area (Å²) < 4.78 is 5.44. The van der Waals surface area contributed by atoms with Crippen molar-refractivity contribution < 1.29 is 14.4 Å². The Morgan fingerprint density at radius 3 is 2.70 bits per heavy atom. The molecule has 1 saturated heterocycles. The number of halogens is 1. The normalized spacial score (nSPS) is 20.3. The second-order valence-corrected chi connectivity index (χ2v) is 8.09. The maximum absolute atomic E-state index is 11.9. The lowest BCUT2D eigenvalue weighted by molar-refractivity contribution is -0.144. The molecule has 1 saturated carbocycles. The summed E-state index contributed by atoms with van der Waals surface area (Å²) in [6, 6.07) is 6.48. The number of aromatic nitrogens is 2. The molecule has 4 rings (SSSR count). The van der Waals surface area contributed by atoms with Gasteiger partial charge in [-0.05, 0) is 62.4 Å². The predicted octanol–water partition coefficient (Wildman–Crippen LogP) is 4.07. The molecular formula is C20H24ClN3O3. The van der Waals surface area contributed by atoms with Gasteiger partial charge in [0.1, 0.15) is 6.04 Å². The van der Waals surface area contributed by atoms with Crippen LogP contribution in [-0.2, 0) is 11.2 Å². The molecule has 1 aromatic heterocycles. The summed E-state index contributed by atoms with van der Waals surface area (Å²) in [6.45, 7) is 1.47. The van der Waals surface area contributed by atoms with E-state index in [0.717, 1.165) is 62.5 Å². The van der Waals surface area contributed by atoms with Gasteiger partial charge in [-0.3, -0.25) is 9.69 Å². The van der Waals surface area contributed by atoms with E-state index in [-0.39, 0.29) is 0 Å². The van der Waals surface area contributed by atoms with Gasteiger partial charge in [0.05, 0.1) is 0 Å². The number of hydrogen-bond donors (Lipinski definition) is 1. The quantitative estimate of drug-likeness (QED) is 0.802. The van der Waals surface area contributed by atoms with Gasteiger partial charge in [0, 0.05) is 17.4 Å². The van der Waals surface area contributed by atoms with Crippen LogP contribution in [0.2, 0.25) is 5.02 Å².